The summed E-state index contributed by atoms with van der Waals surface area (Å²) in [6.45, 7) is 4.00. The van der Waals surface area contributed by atoms with E-state index in [1.54, 1.807) is 23.9 Å². The van der Waals surface area contributed by atoms with E-state index in [0.29, 0.717) is 18.7 Å². The maximum atomic E-state index is 13.1. The summed E-state index contributed by atoms with van der Waals surface area (Å²) in [6, 6.07) is 5.88. The highest BCUT2D eigenvalue weighted by atomic mass is 19.1. The Hall–Kier alpha value is -3.49. The Morgan fingerprint density at radius 2 is 1.94 bits per heavy atom. The van der Waals surface area contributed by atoms with Gasteiger partial charge < -0.3 is 15.8 Å². The molecule has 32 heavy (non-hydrogen) atoms. The Morgan fingerprint density at radius 1 is 1.25 bits per heavy atom. The zero-order chi connectivity index (χ0) is 23.4. The first-order chi connectivity index (χ1) is 15.2. The molecule has 0 aliphatic rings. The molecule has 1 atom stereocenters. The molecule has 2 heterocycles. The zero-order valence-electron chi connectivity index (χ0n) is 18.7. The third-order valence-corrected chi connectivity index (χ3v) is 5.66. The van der Waals surface area contributed by atoms with Gasteiger partial charge in [0.25, 0.3) is 0 Å². The maximum absolute atomic E-state index is 13.1. The number of hydrogen-bond acceptors (Lipinski definition) is 5. The van der Waals surface area contributed by atoms with E-state index in [2.05, 4.69) is 15.4 Å². The average Bonchev–Trinajstić information content (AvgIpc) is 3.07. The van der Waals surface area contributed by atoms with Crippen molar-refractivity contribution in [2.24, 2.45) is 18.7 Å². The van der Waals surface area contributed by atoms with Gasteiger partial charge >= 0.3 is 0 Å². The van der Waals surface area contributed by atoms with Gasteiger partial charge in [-0.05, 0) is 55.5 Å². The molecule has 1 unspecified atom stereocenters. The zero-order valence-corrected chi connectivity index (χ0v) is 18.7. The second kappa shape index (κ2) is 9.76. The molecule has 3 rings (SSSR count). The van der Waals surface area contributed by atoms with Crippen molar-refractivity contribution < 1.29 is 18.7 Å². The van der Waals surface area contributed by atoms with Crippen molar-refractivity contribution in [1.82, 2.24) is 20.1 Å². The number of nitrogens with two attached hydrogens (primary N) is 1. The number of nitrogens with one attached hydrogen (secondary N) is 1. The number of aromatic nitrogens is 3. The highest BCUT2D eigenvalue weighted by Crippen LogP contribution is 2.30. The molecule has 2 amide bonds. The van der Waals surface area contributed by atoms with Crippen LogP contribution in [0.25, 0.3) is 11.0 Å². The molecule has 0 bridgehead atoms. The van der Waals surface area contributed by atoms with Gasteiger partial charge in [-0.25, -0.2) is 14.1 Å². The minimum atomic E-state index is -0.578. The lowest BCUT2D eigenvalue weighted by atomic mass is 9.98. The van der Waals surface area contributed by atoms with Crippen LogP contribution >= 0.6 is 0 Å². The lowest BCUT2D eigenvalue weighted by Crippen LogP contribution is -2.37. The van der Waals surface area contributed by atoms with Gasteiger partial charge in [-0.2, -0.15) is 0 Å². The first-order valence-corrected chi connectivity index (χ1v) is 10.4. The second-order valence-corrected chi connectivity index (χ2v) is 7.87. The minimum Gasteiger partial charge on any atom is -0.479 e. The molecule has 0 radical (unpaired) electrons. The van der Waals surface area contributed by atoms with Crippen molar-refractivity contribution in [1.29, 1.82) is 0 Å². The Kier molecular flexibility index (Phi) is 7.07. The number of amides is 2. The van der Waals surface area contributed by atoms with Gasteiger partial charge in [-0.3, -0.25) is 9.59 Å². The van der Waals surface area contributed by atoms with Crippen LogP contribution in [0.1, 0.15) is 28.8 Å². The number of carbonyl (C=O) groups is 2. The highest BCUT2D eigenvalue weighted by Gasteiger charge is 2.20. The smallest absolute Gasteiger partial charge is 0.242 e. The lowest BCUT2D eigenvalue weighted by Gasteiger charge is -2.15. The molecular weight excluding hydrogens is 413 g/mol. The minimum absolute atomic E-state index is 0.122. The molecule has 3 N–H and O–H groups in total. The summed E-state index contributed by atoms with van der Waals surface area (Å²) in [5.41, 5.74) is 9.79. The standard InChI is InChI=1S/C23H28FN5O3/c1-13-18(14(2)27-22-20(13)23(32-4)28-29(22)3)9-10-19(30)26-12-16(21(25)31)11-15-5-7-17(24)8-6-15/h5-8,16H,9-12H2,1-4H3,(H2,25,31)(H,26,30). The highest BCUT2D eigenvalue weighted by molar-refractivity contribution is 5.86. The molecule has 2 aromatic heterocycles. The molecule has 1 aromatic carbocycles. The molecule has 3 aromatic rings. The van der Waals surface area contributed by atoms with Gasteiger partial charge in [0.05, 0.1) is 18.4 Å². The normalized spacial score (nSPS) is 12.0. The summed E-state index contributed by atoms with van der Waals surface area (Å²) in [7, 11) is 3.38. The summed E-state index contributed by atoms with van der Waals surface area (Å²) in [6.07, 6.45) is 1.05. The van der Waals surface area contributed by atoms with E-state index >= 15 is 0 Å². The molecule has 170 valence electrons. The maximum Gasteiger partial charge on any atom is 0.242 e. The Labute approximate surface area is 186 Å². The van der Waals surface area contributed by atoms with E-state index in [0.717, 1.165) is 33.4 Å². The number of methoxy groups -OCH3 is 1. The third-order valence-electron chi connectivity index (χ3n) is 5.66. The van der Waals surface area contributed by atoms with Crippen molar-refractivity contribution in [3.63, 3.8) is 0 Å². The summed E-state index contributed by atoms with van der Waals surface area (Å²) >= 11 is 0. The second-order valence-electron chi connectivity index (χ2n) is 7.87. The number of hydrogen-bond donors (Lipinski definition) is 2. The molecule has 0 aliphatic carbocycles. The predicted molar refractivity (Wildman–Crippen MR) is 119 cm³/mol. The van der Waals surface area contributed by atoms with Crippen molar-refractivity contribution >= 4 is 22.8 Å². The largest absolute Gasteiger partial charge is 0.479 e. The Morgan fingerprint density at radius 3 is 2.56 bits per heavy atom. The van der Waals surface area contributed by atoms with Crippen LogP contribution in [0, 0.1) is 25.6 Å². The SMILES string of the molecule is COc1nn(C)c2nc(C)c(CCC(=O)NCC(Cc3ccc(F)cc3)C(N)=O)c(C)c12. The van der Waals surface area contributed by atoms with Crippen LogP contribution in [0.2, 0.25) is 0 Å². The van der Waals surface area contributed by atoms with E-state index in [-0.39, 0.29) is 24.7 Å². The van der Waals surface area contributed by atoms with Gasteiger partial charge in [-0.15, -0.1) is 5.10 Å². The van der Waals surface area contributed by atoms with Gasteiger partial charge in [0.1, 0.15) is 5.82 Å². The van der Waals surface area contributed by atoms with Crippen LogP contribution in [-0.4, -0.2) is 40.2 Å². The van der Waals surface area contributed by atoms with Gasteiger partial charge in [0.2, 0.25) is 17.7 Å². The van der Waals surface area contributed by atoms with Crippen molar-refractivity contribution in [3.8, 4) is 5.88 Å². The van der Waals surface area contributed by atoms with Crippen molar-refractivity contribution in [3.05, 3.63) is 52.5 Å². The Balaban J connectivity index is 1.64. The number of benzene rings is 1. The fourth-order valence-corrected chi connectivity index (χ4v) is 3.85. The number of carbonyl (C=O) groups excluding carboxylic acids is 2. The topological polar surface area (TPSA) is 112 Å². The van der Waals surface area contributed by atoms with Crippen LogP contribution in [0.5, 0.6) is 5.88 Å². The first kappa shape index (κ1) is 23.2. The number of nitrogens with zero attached hydrogens (tertiary/aromatic N) is 3. The van der Waals surface area contributed by atoms with Crippen LogP contribution in [0.4, 0.5) is 4.39 Å². The summed E-state index contributed by atoms with van der Waals surface area (Å²) in [4.78, 5) is 28.9. The molecule has 8 nitrogen and oxygen atoms in total. The fourth-order valence-electron chi connectivity index (χ4n) is 3.85. The number of fused-ring (bicyclic) bond motifs is 1. The molecule has 0 fully saturated rings. The molecule has 0 spiro atoms. The summed E-state index contributed by atoms with van der Waals surface area (Å²) in [5.74, 6) is -1.12. The number of primary amides is 1. The monoisotopic (exact) mass is 441 g/mol. The van der Waals surface area contributed by atoms with Crippen molar-refractivity contribution in [2.45, 2.75) is 33.1 Å². The quantitative estimate of drug-likeness (QED) is 0.528. The number of pyridine rings is 1. The predicted octanol–water partition coefficient (Wildman–Crippen LogP) is 2.13. The Bertz CT molecular complexity index is 1140. The molecular formula is C23H28FN5O3. The van der Waals surface area contributed by atoms with Gasteiger partial charge in [-0.1, -0.05) is 12.1 Å². The van der Waals surface area contributed by atoms with E-state index in [9.17, 15) is 14.0 Å². The molecule has 0 saturated carbocycles. The third kappa shape index (κ3) is 5.04. The van der Waals surface area contributed by atoms with E-state index in [1.165, 1.54) is 12.1 Å². The van der Waals surface area contributed by atoms with Crippen LogP contribution in [0.3, 0.4) is 0 Å². The van der Waals surface area contributed by atoms with E-state index in [1.807, 2.05) is 20.9 Å². The average molecular weight is 442 g/mol. The first-order valence-electron chi connectivity index (χ1n) is 10.4. The van der Waals surface area contributed by atoms with E-state index < -0.39 is 11.8 Å². The molecule has 0 saturated heterocycles. The van der Waals surface area contributed by atoms with Crippen molar-refractivity contribution in [2.75, 3.05) is 13.7 Å². The number of aryl methyl sites for hydroxylation is 3. The van der Waals surface area contributed by atoms with Gasteiger partial charge in [0.15, 0.2) is 5.65 Å². The summed E-state index contributed by atoms with van der Waals surface area (Å²) < 4.78 is 20.1. The number of halogens is 1. The van der Waals surface area contributed by atoms with Crippen LogP contribution in [0.15, 0.2) is 24.3 Å². The van der Waals surface area contributed by atoms with E-state index in [4.69, 9.17) is 10.5 Å². The molecule has 0 aliphatic heterocycles. The van der Waals surface area contributed by atoms with Crippen LogP contribution in [-0.2, 0) is 29.5 Å². The number of rotatable bonds is 9. The fraction of sp³-hybridized carbons (Fsp3) is 0.391. The summed E-state index contributed by atoms with van der Waals surface area (Å²) in [5, 5.41) is 7.97. The molecule has 9 heteroatoms. The van der Waals surface area contributed by atoms with Gasteiger partial charge in [0, 0.05) is 25.7 Å². The number of ether oxygens (including phenoxy) is 1. The van der Waals surface area contributed by atoms with Crippen LogP contribution < -0.4 is 15.8 Å². The lowest BCUT2D eigenvalue weighted by molar-refractivity contribution is -0.123.